The zero-order valence-corrected chi connectivity index (χ0v) is 16.3. The number of benzene rings is 2. The summed E-state index contributed by atoms with van der Waals surface area (Å²) in [7, 11) is 0. The molecule has 0 unspecified atom stereocenters. The van der Waals surface area contributed by atoms with Gasteiger partial charge in [-0.1, -0.05) is 18.2 Å². The van der Waals surface area contributed by atoms with E-state index in [1.165, 1.54) is 0 Å². The Bertz CT molecular complexity index is 718. The monoisotopic (exact) mass is 453 g/mol. The Kier molecular flexibility index (Phi) is 7.37. The molecular formula is C17H17Br2N3O2. The molecule has 0 heterocycles. The average Bonchev–Trinajstić information content (AvgIpc) is 2.60. The second kappa shape index (κ2) is 9.52. The van der Waals surface area contributed by atoms with Crippen LogP contribution in [0.5, 0.6) is 11.5 Å². The quantitative estimate of drug-likeness (QED) is 0.569. The molecule has 0 saturated carbocycles. The number of halogens is 2. The van der Waals surface area contributed by atoms with Crippen LogP contribution in [0.3, 0.4) is 0 Å². The van der Waals surface area contributed by atoms with Crippen molar-refractivity contribution in [3.63, 3.8) is 0 Å². The van der Waals surface area contributed by atoms with Crippen molar-refractivity contribution < 1.29 is 9.47 Å². The van der Waals surface area contributed by atoms with Gasteiger partial charge < -0.3 is 14.9 Å². The van der Waals surface area contributed by atoms with Gasteiger partial charge in [-0.25, -0.2) is 5.43 Å². The minimum absolute atomic E-state index is 0.0434. The van der Waals surface area contributed by atoms with Crippen molar-refractivity contribution in [3.05, 3.63) is 50.9 Å². The van der Waals surface area contributed by atoms with Gasteiger partial charge in [0.15, 0.2) is 18.1 Å². The number of hydrazine groups is 1. The summed E-state index contributed by atoms with van der Waals surface area (Å²) >= 11 is 7.07. The van der Waals surface area contributed by atoms with Gasteiger partial charge in [0.25, 0.3) is 0 Å². The Morgan fingerprint density at radius 2 is 1.88 bits per heavy atom. The summed E-state index contributed by atoms with van der Waals surface area (Å²) in [5.41, 5.74) is 8.27. The Morgan fingerprint density at radius 3 is 2.54 bits per heavy atom. The molecule has 2 aromatic rings. The van der Waals surface area contributed by atoms with Crippen LogP contribution in [-0.2, 0) is 6.54 Å². The standard InChI is InChI=1S/C17H17Br2N3O2/c1-2-23-14-10-12(11-21-22-13-6-4-3-5-7-13)15(18)16(19)17(14)24-9-8-20/h3-7,10,21-22H,2,9,11H2,1H3. The fourth-order valence-corrected chi connectivity index (χ4v) is 3.03. The number of nitriles is 1. The van der Waals surface area contributed by atoms with Gasteiger partial charge in [0, 0.05) is 16.7 Å². The highest BCUT2D eigenvalue weighted by molar-refractivity contribution is 9.13. The van der Waals surface area contributed by atoms with Crippen LogP contribution in [-0.4, -0.2) is 13.2 Å². The van der Waals surface area contributed by atoms with Crippen molar-refractivity contribution in [2.45, 2.75) is 13.5 Å². The molecule has 2 rings (SSSR count). The van der Waals surface area contributed by atoms with E-state index in [0.29, 0.717) is 24.7 Å². The van der Waals surface area contributed by atoms with Crippen LogP contribution in [0.1, 0.15) is 12.5 Å². The molecule has 0 fully saturated rings. The van der Waals surface area contributed by atoms with Crippen LogP contribution in [0.4, 0.5) is 5.69 Å². The van der Waals surface area contributed by atoms with E-state index in [1.54, 1.807) is 0 Å². The van der Waals surface area contributed by atoms with Gasteiger partial charge in [-0.2, -0.15) is 5.26 Å². The van der Waals surface area contributed by atoms with E-state index in [1.807, 2.05) is 49.4 Å². The molecule has 24 heavy (non-hydrogen) atoms. The lowest BCUT2D eigenvalue weighted by Gasteiger charge is -2.17. The summed E-state index contributed by atoms with van der Waals surface area (Å²) in [6.45, 7) is 2.93. The Labute approximate surface area is 158 Å². The molecular weight excluding hydrogens is 438 g/mol. The smallest absolute Gasteiger partial charge is 0.178 e. The van der Waals surface area contributed by atoms with E-state index in [2.05, 4.69) is 42.7 Å². The number of rotatable bonds is 8. The van der Waals surface area contributed by atoms with E-state index in [0.717, 1.165) is 20.2 Å². The second-order valence-corrected chi connectivity index (χ2v) is 6.30. The fraction of sp³-hybridized carbons (Fsp3) is 0.235. The van der Waals surface area contributed by atoms with E-state index in [4.69, 9.17) is 14.7 Å². The minimum atomic E-state index is -0.0434. The molecule has 0 aliphatic carbocycles. The van der Waals surface area contributed by atoms with Gasteiger partial charge >= 0.3 is 0 Å². The highest BCUT2D eigenvalue weighted by Gasteiger charge is 2.17. The lowest BCUT2D eigenvalue weighted by Crippen LogP contribution is -2.21. The van der Waals surface area contributed by atoms with Crippen molar-refractivity contribution >= 4 is 37.5 Å². The molecule has 0 aromatic heterocycles. The minimum Gasteiger partial charge on any atom is -0.490 e. The van der Waals surface area contributed by atoms with E-state index in [9.17, 15) is 0 Å². The summed E-state index contributed by atoms with van der Waals surface area (Å²) in [6, 6.07) is 13.7. The normalized spacial score (nSPS) is 10.1. The highest BCUT2D eigenvalue weighted by Crippen LogP contribution is 2.42. The van der Waals surface area contributed by atoms with Crippen molar-refractivity contribution in [2.24, 2.45) is 0 Å². The number of hydrogen-bond donors (Lipinski definition) is 2. The summed E-state index contributed by atoms with van der Waals surface area (Å²) in [5, 5.41) is 8.73. The van der Waals surface area contributed by atoms with Gasteiger partial charge in [0.05, 0.1) is 11.1 Å². The predicted octanol–water partition coefficient (Wildman–Crippen LogP) is 4.63. The van der Waals surface area contributed by atoms with E-state index < -0.39 is 0 Å². The van der Waals surface area contributed by atoms with Crippen LogP contribution in [0.25, 0.3) is 0 Å². The Morgan fingerprint density at radius 1 is 1.12 bits per heavy atom. The van der Waals surface area contributed by atoms with Gasteiger partial charge in [0.1, 0.15) is 6.07 Å². The van der Waals surface area contributed by atoms with Crippen molar-refractivity contribution in [2.75, 3.05) is 18.6 Å². The summed E-state index contributed by atoms with van der Waals surface area (Å²) in [6.07, 6.45) is 0. The molecule has 0 spiro atoms. The van der Waals surface area contributed by atoms with Crippen molar-refractivity contribution in [1.29, 1.82) is 5.26 Å². The first kappa shape index (κ1) is 18.6. The van der Waals surface area contributed by atoms with Crippen molar-refractivity contribution in [3.8, 4) is 17.6 Å². The third-order valence-corrected chi connectivity index (χ3v) is 5.26. The molecule has 0 atom stereocenters. The fourth-order valence-electron chi connectivity index (χ4n) is 2.03. The largest absolute Gasteiger partial charge is 0.490 e. The maximum absolute atomic E-state index is 8.73. The number of para-hydroxylation sites is 1. The SMILES string of the molecule is CCOc1cc(CNNc2ccccc2)c(Br)c(Br)c1OCC#N. The molecule has 0 aliphatic rings. The molecule has 2 aromatic carbocycles. The van der Waals surface area contributed by atoms with E-state index >= 15 is 0 Å². The average molecular weight is 455 g/mol. The van der Waals surface area contributed by atoms with Gasteiger partial charge in [-0.3, -0.25) is 0 Å². The number of hydrogen-bond acceptors (Lipinski definition) is 5. The molecule has 2 N–H and O–H groups in total. The van der Waals surface area contributed by atoms with Gasteiger partial charge in [-0.15, -0.1) is 0 Å². The number of nitrogens with zero attached hydrogens (tertiary/aromatic N) is 1. The van der Waals surface area contributed by atoms with E-state index in [-0.39, 0.29) is 6.61 Å². The number of nitrogens with one attached hydrogen (secondary N) is 2. The van der Waals surface area contributed by atoms with Gasteiger partial charge in [-0.05, 0) is 62.5 Å². The van der Waals surface area contributed by atoms with Crippen LogP contribution in [0.15, 0.2) is 45.3 Å². The van der Waals surface area contributed by atoms with Crippen LogP contribution in [0, 0.1) is 11.3 Å². The first-order chi connectivity index (χ1) is 11.7. The zero-order chi connectivity index (χ0) is 17.4. The predicted molar refractivity (Wildman–Crippen MR) is 101 cm³/mol. The lowest BCUT2D eigenvalue weighted by molar-refractivity contribution is 0.296. The van der Waals surface area contributed by atoms with Crippen LogP contribution in [0.2, 0.25) is 0 Å². The van der Waals surface area contributed by atoms with Crippen LogP contribution < -0.4 is 20.3 Å². The Hall–Kier alpha value is -1.75. The third kappa shape index (κ3) is 4.87. The summed E-state index contributed by atoms with van der Waals surface area (Å²) in [5.74, 6) is 1.12. The van der Waals surface area contributed by atoms with Gasteiger partial charge in [0.2, 0.25) is 0 Å². The first-order valence-electron chi connectivity index (χ1n) is 7.34. The van der Waals surface area contributed by atoms with Crippen LogP contribution >= 0.6 is 31.9 Å². The molecule has 0 radical (unpaired) electrons. The molecule has 0 bridgehead atoms. The number of anilines is 1. The molecule has 0 aliphatic heterocycles. The summed E-state index contributed by atoms with van der Waals surface area (Å²) in [4.78, 5) is 0. The maximum atomic E-state index is 8.73. The second-order valence-electron chi connectivity index (χ2n) is 4.72. The number of ether oxygens (including phenoxy) is 2. The highest BCUT2D eigenvalue weighted by atomic mass is 79.9. The first-order valence-corrected chi connectivity index (χ1v) is 8.93. The topological polar surface area (TPSA) is 66.3 Å². The zero-order valence-electron chi connectivity index (χ0n) is 13.1. The third-order valence-electron chi connectivity index (χ3n) is 3.07. The Balaban J connectivity index is 2.15. The maximum Gasteiger partial charge on any atom is 0.178 e. The van der Waals surface area contributed by atoms with Crippen molar-refractivity contribution in [1.82, 2.24) is 5.43 Å². The molecule has 126 valence electrons. The molecule has 0 saturated heterocycles. The summed E-state index contributed by atoms with van der Waals surface area (Å²) < 4.78 is 12.7. The molecule has 7 heteroatoms. The molecule has 0 amide bonds. The molecule has 5 nitrogen and oxygen atoms in total. The lowest BCUT2D eigenvalue weighted by atomic mass is 10.2.